The number of amides is 1. The maximum absolute atomic E-state index is 11.6. The summed E-state index contributed by atoms with van der Waals surface area (Å²) in [6.07, 6.45) is 7.57. The standard InChI is InChI=1S/C14H28ClNO/c1-4-5-6-7-8-9-13(17)16-12-14(2,3)10-11-15/h4-12H2,1-3H3,(H,16,17). The van der Waals surface area contributed by atoms with E-state index in [1.165, 1.54) is 25.7 Å². The van der Waals surface area contributed by atoms with Crippen LogP contribution in [0.15, 0.2) is 0 Å². The van der Waals surface area contributed by atoms with Gasteiger partial charge in [-0.25, -0.2) is 0 Å². The van der Waals surface area contributed by atoms with Crippen molar-refractivity contribution in [1.29, 1.82) is 0 Å². The Morgan fingerprint density at radius 3 is 2.41 bits per heavy atom. The Labute approximate surface area is 111 Å². The number of unbranched alkanes of at least 4 members (excludes halogenated alkanes) is 4. The summed E-state index contributed by atoms with van der Waals surface area (Å²) in [6.45, 7) is 7.20. The zero-order valence-corrected chi connectivity index (χ0v) is 12.4. The van der Waals surface area contributed by atoms with Gasteiger partial charge in [-0.05, 0) is 18.3 Å². The first kappa shape index (κ1) is 16.8. The Morgan fingerprint density at radius 1 is 1.18 bits per heavy atom. The van der Waals surface area contributed by atoms with Crippen LogP contribution in [0.25, 0.3) is 0 Å². The third-order valence-corrected chi connectivity index (χ3v) is 3.23. The Kier molecular flexibility index (Phi) is 9.62. The third-order valence-electron chi connectivity index (χ3n) is 3.04. The van der Waals surface area contributed by atoms with Crippen LogP contribution in [0.5, 0.6) is 0 Å². The first-order chi connectivity index (χ1) is 8.02. The Bertz CT molecular complexity index is 204. The summed E-state index contributed by atoms with van der Waals surface area (Å²) in [7, 11) is 0. The summed E-state index contributed by atoms with van der Waals surface area (Å²) in [4.78, 5) is 11.6. The van der Waals surface area contributed by atoms with E-state index in [-0.39, 0.29) is 11.3 Å². The van der Waals surface area contributed by atoms with Gasteiger partial charge in [0.15, 0.2) is 0 Å². The molecule has 0 atom stereocenters. The molecule has 0 aliphatic carbocycles. The average Bonchev–Trinajstić information content (AvgIpc) is 2.26. The summed E-state index contributed by atoms with van der Waals surface area (Å²) in [6, 6.07) is 0. The van der Waals surface area contributed by atoms with Gasteiger partial charge in [0.25, 0.3) is 0 Å². The lowest BCUT2D eigenvalue weighted by atomic mass is 9.90. The van der Waals surface area contributed by atoms with Gasteiger partial charge in [0.05, 0.1) is 0 Å². The van der Waals surface area contributed by atoms with E-state index in [0.717, 1.165) is 19.4 Å². The van der Waals surface area contributed by atoms with Gasteiger partial charge in [-0.2, -0.15) is 0 Å². The number of halogens is 1. The molecule has 17 heavy (non-hydrogen) atoms. The normalized spacial score (nSPS) is 11.5. The van der Waals surface area contributed by atoms with Gasteiger partial charge >= 0.3 is 0 Å². The fourth-order valence-electron chi connectivity index (χ4n) is 1.66. The first-order valence-electron chi connectivity index (χ1n) is 6.84. The van der Waals surface area contributed by atoms with E-state index in [1.54, 1.807) is 0 Å². The molecular formula is C14H28ClNO. The minimum absolute atomic E-state index is 0.111. The van der Waals surface area contributed by atoms with Crippen molar-refractivity contribution in [2.75, 3.05) is 12.4 Å². The molecule has 0 aliphatic rings. The van der Waals surface area contributed by atoms with E-state index in [4.69, 9.17) is 11.6 Å². The molecule has 0 aromatic rings. The molecule has 1 N–H and O–H groups in total. The van der Waals surface area contributed by atoms with Crippen LogP contribution in [0.1, 0.15) is 65.7 Å². The predicted molar refractivity (Wildman–Crippen MR) is 75.5 cm³/mol. The average molecular weight is 262 g/mol. The Hall–Kier alpha value is -0.240. The molecule has 0 unspecified atom stereocenters. The van der Waals surface area contributed by atoms with Crippen LogP contribution in [0.3, 0.4) is 0 Å². The first-order valence-corrected chi connectivity index (χ1v) is 7.38. The molecule has 0 fully saturated rings. The lowest BCUT2D eigenvalue weighted by Crippen LogP contribution is -2.34. The lowest BCUT2D eigenvalue weighted by Gasteiger charge is -2.23. The van der Waals surface area contributed by atoms with Crippen molar-refractivity contribution in [3.63, 3.8) is 0 Å². The summed E-state index contributed by atoms with van der Waals surface area (Å²) in [5.41, 5.74) is 0.111. The van der Waals surface area contributed by atoms with Crippen molar-refractivity contribution in [3.8, 4) is 0 Å². The molecule has 0 aliphatic heterocycles. The molecule has 0 aromatic heterocycles. The van der Waals surface area contributed by atoms with E-state index in [1.807, 2.05) is 0 Å². The Morgan fingerprint density at radius 2 is 1.82 bits per heavy atom. The lowest BCUT2D eigenvalue weighted by molar-refractivity contribution is -0.121. The molecule has 0 bridgehead atoms. The molecular weight excluding hydrogens is 234 g/mol. The van der Waals surface area contributed by atoms with Crippen molar-refractivity contribution in [1.82, 2.24) is 5.32 Å². The van der Waals surface area contributed by atoms with Crippen molar-refractivity contribution < 1.29 is 4.79 Å². The minimum atomic E-state index is 0.111. The third kappa shape index (κ3) is 10.6. The van der Waals surface area contributed by atoms with Gasteiger partial charge in [0.1, 0.15) is 0 Å². The highest BCUT2D eigenvalue weighted by Gasteiger charge is 2.17. The SMILES string of the molecule is CCCCCCCC(=O)NCC(C)(C)CCCl. The van der Waals surface area contributed by atoms with Gasteiger partial charge in [0, 0.05) is 18.8 Å². The second kappa shape index (κ2) is 9.76. The highest BCUT2D eigenvalue weighted by Crippen LogP contribution is 2.19. The zero-order valence-electron chi connectivity index (χ0n) is 11.7. The molecule has 0 saturated heterocycles. The molecule has 0 saturated carbocycles. The number of carbonyl (C=O) groups is 1. The van der Waals surface area contributed by atoms with E-state index < -0.39 is 0 Å². The van der Waals surface area contributed by atoms with Gasteiger partial charge in [-0.15, -0.1) is 11.6 Å². The molecule has 0 spiro atoms. The van der Waals surface area contributed by atoms with Gasteiger partial charge in [0.2, 0.25) is 5.91 Å². The molecule has 1 amide bonds. The fourth-order valence-corrected chi connectivity index (χ4v) is 2.17. The van der Waals surface area contributed by atoms with E-state index in [0.29, 0.717) is 12.3 Å². The van der Waals surface area contributed by atoms with E-state index in [2.05, 4.69) is 26.1 Å². The highest BCUT2D eigenvalue weighted by molar-refractivity contribution is 6.17. The number of hydrogen-bond acceptors (Lipinski definition) is 1. The smallest absolute Gasteiger partial charge is 0.220 e. The quantitative estimate of drug-likeness (QED) is 0.465. The van der Waals surface area contributed by atoms with Crippen molar-refractivity contribution >= 4 is 17.5 Å². The molecule has 0 radical (unpaired) electrons. The number of carbonyl (C=O) groups excluding carboxylic acids is 1. The number of rotatable bonds is 10. The summed E-state index contributed by atoms with van der Waals surface area (Å²) < 4.78 is 0. The van der Waals surface area contributed by atoms with Gasteiger partial charge < -0.3 is 5.32 Å². The summed E-state index contributed by atoms with van der Waals surface area (Å²) >= 11 is 5.72. The van der Waals surface area contributed by atoms with Crippen molar-refractivity contribution in [2.24, 2.45) is 5.41 Å². The summed E-state index contributed by atoms with van der Waals surface area (Å²) in [5, 5.41) is 3.00. The van der Waals surface area contributed by atoms with Gasteiger partial charge in [-0.3, -0.25) is 4.79 Å². The van der Waals surface area contributed by atoms with Crippen LogP contribution in [-0.2, 0) is 4.79 Å². The van der Waals surface area contributed by atoms with Crippen molar-refractivity contribution in [3.05, 3.63) is 0 Å². The number of alkyl halides is 1. The molecule has 3 heteroatoms. The largest absolute Gasteiger partial charge is 0.356 e. The number of nitrogens with one attached hydrogen (secondary N) is 1. The topological polar surface area (TPSA) is 29.1 Å². The monoisotopic (exact) mass is 261 g/mol. The minimum Gasteiger partial charge on any atom is -0.356 e. The highest BCUT2D eigenvalue weighted by atomic mass is 35.5. The maximum Gasteiger partial charge on any atom is 0.220 e. The molecule has 102 valence electrons. The van der Waals surface area contributed by atoms with Crippen molar-refractivity contribution in [2.45, 2.75) is 65.7 Å². The van der Waals surface area contributed by atoms with Crippen LogP contribution in [0.4, 0.5) is 0 Å². The molecule has 0 heterocycles. The number of hydrogen-bond donors (Lipinski definition) is 1. The van der Waals surface area contributed by atoms with Crippen LogP contribution in [0.2, 0.25) is 0 Å². The molecule has 0 rings (SSSR count). The van der Waals surface area contributed by atoms with Crippen LogP contribution in [0, 0.1) is 5.41 Å². The van der Waals surface area contributed by atoms with Crippen LogP contribution in [-0.4, -0.2) is 18.3 Å². The molecule has 2 nitrogen and oxygen atoms in total. The fraction of sp³-hybridized carbons (Fsp3) is 0.929. The summed E-state index contributed by atoms with van der Waals surface area (Å²) in [5.74, 6) is 0.837. The van der Waals surface area contributed by atoms with Gasteiger partial charge in [-0.1, -0.05) is 46.5 Å². The van der Waals surface area contributed by atoms with E-state index >= 15 is 0 Å². The zero-order chi connectivity index (χ0) is 13.1. The molecule has 0 aromatic carbocycles. The van der Waals surface area contributed by atoms with E-state index in [9.17, 15) is 4.79 Å². The second-order valence-electron chi connectivity index (χ2n) is 5.54. The predicted octanol–water partition coefficient (Wildman–Crippen LogP) is 4.12. The van der Waals surface area contributed by atoms with Crippen LogP contribution >= 0.6 is 11.6 Å². The second-order valence-corrected chi connectivity index (χ2v) is 5.92. The maximum atomic E-state index is 11.6. The van der Waals surface area contributed by atoms with Crippen LogP contribution < -0.4 is 5.32 Å². The Balaban J connectivity index is 3.52.